The summed E-state index contributed by atoms with van der Waals surface area (Å²) in [7, 11) is 0. The van der Waals surface area contributed by atoms with Crippen molar-refractivity contribution in [2.75, 3.05) is 0 Å². The van der Waals surface area contributed by atoms with Gasteiger partial charge in [-0.25, -0.2) is 14.3 Å². The third kappa shape index (κ3) is 2.36. The van der Waals surface area contributed by atoms with Crippen LogP contribution in [0.1, 0.15) is 26.6 Å². The number of fused-ring (bicyclic) bond motifs is 1. The molecule has 0 saturated carbocycles. The first-order chi connectivity index (χ1) is 8.42. The molecule has 5 heteroatoms. The van der Waals surface area contributed by atoms with Crippen LogP contribution in [0.5, 0.6) is 0 Å². The number of carbonyl (C=O) groups is 1. The molecule has 2 rings (SSSR count). The summed E-state index contributed by atoms with van der Waals surface area (Å²) in [6, 6.07) is 7.20. The Labute approximate surface area is 105 Å². The number of rotatable bonds is 1. The number of aliphatic hydroxyl groups is 1. The van der Waals surface area contributed by atoms with Gasteiger partial charge < -0.3 is 9.84 Å². The average molecular weight is 248 g/mol. The molecule has 1 aromatic heterocycles. The summed E-state index contributed by atoms with van der Waals surface area (Å²) in [5.41, 5.74) is 0.707. The van der Waals surface area contributed by atoms with E-state index in [0.29, 0.717) is 11.0 Å². The van der Waals surface area contributed by atoms with Crippen molar-refractivity contribution in [1.82, 2.24) is 9.55 Å². The van der Waals surface area contributed by atoms with Gasteiger partial charge in [0.15, 0.2) is 0 Å². The maximum absolute atomic E-state index is 12.1. The van der Waals surface area contributed by atoms with Crippen molar-refractivity contribution in [3.05, 3.63) is 30.1 Å². The van der Waals surface area contributed by atoms with Crippen LogP contribution in [0.4, 0.5) is 4.79 Å². The molecular weight excluding hydrogens is 232 g/mol. The van der Waals surface area contributed by atoms with Gasteiger partial charge in [-0.1, -0.05) is 12.1 Å². The summed E-state index contributed by atoms with van der Waals surface area (Å²) < 4.78 is 6.61. The van der Waals surface area contributed by atoms with Gasteiger partial charge in [0, 0.05) is 0 Å². The molecular formula is C13H16N2O3. The minimum atomic E-state index is -0.588. The van der Waals surface area contributed by atoms with Crippen LogP contribution in [-0.2, 0) is 11.3 Å². The lowest BCUT2D eigenvalue weighted by Gasteiger charge is -2.20. The second-order valence-electron chi connectivity index (χ2n) is 4.99. The molecule has 96 valence electrons. The zero-order valence-corrected chi connectivity index (χ0v) is 10.7. The van der Waals surface area contributed by atoms with Gasteiger partial charge in [0.05, 0.1) is 11.0 Å². The van der Waals surface area contributed by atoms with Crippen LogP contribution in [0.2, 0.25) is 0 Å². The first kappa shape index (κ1) is 12.6. The van der Waals surface area contributed by atoms with E-state index < -0.39 is 11.7 Å². The molecule has 0 atom stereocenters. The van der Waals surface area contributed by atoms with Crippen LogP contribution in [0.25, 0.3) is 11.0 Å². The van der Waals surface area contributed by atoms with Crippen LogP contribution in [-0.4, -0.2) is 26.4 Å². The topological polar surface area (TPSA) is 64.3 Å². The lowest BCUT2D eigenvalue weighted by molar-refractivity contribution is 0.0531. The van der Waals surface area contributed by atoms with Crippen LogP contribution >= 0.6 is 0 Å². The standard InChI is InChI=1S/C13H16N2O3/c1-13(2,3)18-12(17)15-10-7-5-4-6-9(10)14-11(15)8-16/h4-7,16H,8H2,1-3H3. The van der Waals surface area contributed by atoms with Crippen LogP contribution in [0, 0.1) is 0 Å². The van der Waals surface area contributed by atoms with E-state index in [2.05, 4.69) is 4.98 Å². The van der Waals surface area contributed by atoms with Gasteiger partial charge >= 0.3 is 6.09 Å². The molecule has 2 aromatic rings. The number of para-hydroxylation sites is 2. The Morgan fingerprint density at radius 2 is 2.06 bits per heavy atom. The highest BCUT2D eigenvalue weighted by Gasteiger charge is 2.22. The van der Waals surface area contributed by atoms with Crippen LogP contribution < -0.4 is 0 Å². The monoisotopic (exact) mass is 248 g/mol. The predicted molar refractivity (Wildman–Crippen MR) is 67.3 cm³/mol. The summed E-state index contributed by atoms with van der Waals surface area (Å²) in [6.45, 7) is 5.07. The Balaban J connectivity index is 2.51. The van der Waals surface area contributed by atoms with E-state index in [1.54, 1.807) is 32.9 Å². The lowest BCUT2D eigenvalue weighted by atomic mass is 10.2. The maximum atomic E-state index is 12.1. The summed E-state index contributed by atoms with van der Waals surface area (Å²) in [6.07, 6.45) is -0.528. The molecule has 1 aromatic carbocycles. The molecule has 0 radical (unpaired) electrons. The average Bonchev–Trinajstić information content (AvgIpc) is 2.64. The highest BCUT2D eigenvalue weighted by molar-refractivity contribution is 5.87. The van der Waals surface area contributed by atoms with E-state index in [0.717, 1.165) is 0 Å². The van der Waals surface area contributed by atoms with Gasteiger partial charge in [-0.2, -0.15) is 0 Å². The third-order valence-corrected chi connectivity index (χ3v) is 2.35. The fraction of sp³-hybridized carbons (Fsp3) is 0.385. The molecule has 1 heterocycles. The Kier molecular flexibility index (Phi) is 3.09. The molecule has 5 nitrogen and oxygen atoms in total. The van der Waals surface area contributed by atoms with E-state index >= 15 is 0 Å². The van der Waals surface area contributed by atoms with Crippen molar-refractivity contribution in [3.63, 3.8) is 0 Å². The number of hydrogen-bond acceptors (Lipinski definition) is 4. The normalized spacial score (nSPS) is 11.8. The minimum Gasteiger partial charge on any atom is -0.443 e. The molecule has 0 spiro atoms. The second-order valence-corrected chi connectivity index (χ2v) is 4.99. The fourth-order valence-electron chi connectivity index (χ4n) is 1.69. The minimum absolute atomic E-state index is 0.283. The smallest absolute Gasteiger partial charge is 0.420 e. The van der Waals surface area contributed by atoms with E-state index in [9.17, 15) is 9.90 Å². The van der Waals surface area contributed by atoms with Gasteiger partial charge in [-0.05, 0) is 32.9 Å². The fourth-order valence-corrected chi connectivity index (χ4v) is 1.69. The Bertz CT molecular complexity index is 581. The Morgan fingerprint density at radius 1 is 1.39 bits per heavy atom. The highest BCUT2D eigenvalue weighted by Crippen LogP contribution is 2.18. The lowest BCUT2D eigenvalue weighted by Crippen LogP contribution is -2.28. The van der Waals surface area contributed by atoms with Gasteiger partial charge in [0.2, 0.25) is 0 Å². The highest BCUT2D eigenvalue weighted by atomic mass is 16.6. The summed E-state index contributed by atoms with van der Waals surface area (Å²) in [5, 5.41) is 9.28. The molecule has 0 fully saturated rings. The number of carbonyl (C=O) groups excluding carboxylic acids is 1. The Morgan fingerprint density at radius 3 is 2.67 bits per heavy atom. The van der Waals surface area contributed by atoms with Crippen molar-refractivity contribution >= 4 is 17.1 Å². The number of hydrogen-bond donors (Lipinski definition) is 1. The van der Waals surface area contributed by atoms with Gasteiger partial charge in [-0.15, -0.1) is 0 Å². The number of aliphatic hydroxyl groups excluding tert-OH is 1. The van der Waals surface area contributed by atoms with Crippen LogP contribution in [0.15, 0.2) is 24.3 Å². The van der Waals surface area contributed by atoms with Crippen molar-refractivity contribution < 1.29 is 14.6 Å². The maximum Gasteiger partial charge on any atom is 0.420 e. The second kappa shape index (κ2) is 4.42. The number of aromatic nitrogens is 2. The number of nitrogens with zero attached hydrogens (tertiary/aromatic N) is 2. The molecule has 1 N–H and O–H groups in total. The zero-order valence-electron chi connectivity index (χ0n) is 10.7. The van der Waals surface area contributed by atoms with Gasteiger partial charge in [0.1, 0.15) is 18.0 Å². The Hall–Kier alpha value is -1.88. The molecule has 0 bridgehead atoms. The third-order valence-electron chi connectivity index (χ3n) is 2.35. The van der Waals surface area contributed by atoms with E-state index in [4.69, 9.17) is 4.74 Å². The van der Waals surface area contributed by atoms with Gasteiger partial charge in [0.25, 0.3) is 0 Å². The number of ether oxygens (including phenoxy) is 1. The van der Waals surface area contributed by atoms with Gasteiger partial charge in [-0.3, -0.25) is 0 Å². The van der Waals surface area contributed by atoms with Crippen LogP contribution in [0.3, 0.4) is 0 Å². The predicted octanol–water partition coefficient (Wildman–Crippen LogP) is 2.31. The van der Waals surface area contributed by atoms with Crippen molar-refractivity contribution in [1.29, 1.82) is 0 Å². The first-order valence-corrected chi connectivity index (χ1v) is 5.73. The zero-order chi connectivity index (χ0) is 13.3. The summed E-state index contributed by atoms with van der Waals surface area (Å²) in [5.74, 6) is 0.283. The molecule has 0 unspecified atom stereocenters. The molecule has 18 heavy (non-hydrogen) atoms. The van der Waals surface area contributed by atoms with E-state index in [-0.39, 0.29) is 12.4 Å². The molecule has 0 aliphatic rings. The molecule has 0 aliphatic heterocycles. The SMILES string of the molecule is CC(C)(C)OC(=O)n1c(CO)nc2ccccc21. The van der Waals surface area contributed by atoms with Crippen molar-refractivity contribution in [2.24, 2.45) is 0 Å². The largest absolute Gasteiger partial charge is 0.443 e. The molecule has 0 aliphatic carbocycles. The van der Waals surface area contributed by atoms with Crippen molar-refractivity contribution in [2.45, 2.75) is 33.0 Å². The first-order valence-electron chi connectivity index (χ1n) is 5.73. The van der Waals surface area contributed by atoms with Crippen molar-refractivity contribution in [3.8, 4) is 0 Å². The summed E-state index contributed by atoms with van der Waals surface area (Å²) >= 11 is 0. The van der Waals surface area contributed by atoms with E-state index in [1.165, 1.54) is 4.57 Å². The van der Waals surface area contributed by atoms with E-state index in [1.807, 2.05) is 12.1 Å². The number of imidazole rings is 1. The quantitative estimate of drug-likeness (QED) is 0.841. The molecule has 0 amide bonds. The number of benzene rings is 1. The molecule has 0 saturated heterocycles. The summed E-state index contributed by atoms with van der Waals surface area (Å²) in [4.78, 5) is 16.3.